The summed E-state index contributed by atoms with van der Waals surface area (Å²) in [5.74, 6) is 1.06. The molecule has 0 saturated carbocycles. The highest BCUT2D eigenvalue weighted by atomic mass is 35.5. The number of nitrogens with one attached hydrogen (secondary N) is 1. The molecule has 31 heavy (non-hydrogen) atoms. The maximum absolute atomic E-state index is 13.2. The number of hydrogen-bond donors (Lipinski definition) is 1. The van der Waals surface area contributed by atoms with Gasteiger partial charge in [0.2, 0.25) is 18.6 Å². The minimum Gasteiger partial charge on any atom is -0.454 e. The Hall–Kier alpha value is -2.44. The normalized spacial score (nSPS) is 13.0. The molecule has 0 aromatic heterocycles. The van der Waals surface area contributed by atoms with Gasteiger partial charge in [-0.2, -0.15) is 0 Å². The second-order valence-electron chi connectivity index (χ2n) is 7.41. The van der Waals surface area contributed by atoms with E-state index in [0.717, 1.165) is 17.5 Å². The third kappa shape index (κ3) is 6.05. The van der Waals surface area contributed by atoms with Crippen LogP contribution in [0.1, 0.15) is 37.8 Å². The van der Waals surface area contributed by atoms with E-state index in [-0.39, 0.29) is 31.6 Å². The van der Waals surface area contributed by atoms with Gasteiger partial charge < -0.3 is 19.7 Å². The predicted molar refractivity (Wildman–Crippen MR) is 121 cm³/mol. The first-order valence-corrected chi connectivity index (χ1v) is 11.0. The maximum atomic E-state index is 13.2. The fourth-order valence-electron chi connectivity index (χ4n) is 3.30. The molecule has 0 spiro atoms. The predicted octanol–water partition coefficient (Wildman–Crippen LogP) is 4.60. The van der Waals surface area contributed by atoms with E-state index >= 15 is 0 Å². The summed E-state index contributed by atoms with van der Waals surface area (Å²) in [7, 11) is 0. The number of carbonyl (C=O) groups excluding carboxylic acids is 2. The Morgan fingerprint density at radius 3 is 2.65 bits per heavy atom. The van der Waals surface area contributed by atoms with Crippen LogP contribution in [0.5, 0.6) is 11.5 Å². The molecule has 0 fully saturated rings. The number of ether oxygens (including phenoxy) is 2. The smallest absolute Gasteiger partial charge is 0.242 e. The average Bonchev–Trinajstić information content (AvgIpc) is 3.22. The second-order valence-corrected chi connectivity index (χ2v) is 8.26. The van der Waals surface area contributed by atoms with Crippen molar-refractivity contribution in [3.05, 3.63) is 57.6 Å². The maximum Gasteiger partial charge on any atom is 0.242 e. The highest BCUT2D eigenvalue weighted by Gasteiger charge is 2.26. The third-order valence-corrected chi connectivity index (χ3v) is 5.72. The number of aryl methyl sites for hydroxylation is 1. The van der Waals surface area contributed by atoms with Crippen LogP contribution in [-0.2, 0) is 22.6 Å². The summed E-state index contributed by atoms with van der Waals surface area (Å²) in [6.07, 6.45) is 1.58. The summed E-state index contributed by atoms with van der Waals surface area (Å²) >= 11 is 12.3. The van der Waals surface area contributed by atoms with Gasteiger partial charge in [0.1, 0.15) is 6.04 Å². The highest BCUT2D eigenvalue weighted by Crippen LogP contribution is 2.33. The fourth-order valence-corrected chi connectivity index (χ4v) is 3.77. The zero-order valence-corrected chi connectivity index (χ0v) is 19.1. The Bertz CT molecular complexity index is 951. The van der Waals surface area contributed by atoms with Crippen LogP contribution in [0.4, 0.5) is 0 Å². The molecule has 6 nitrogen and oxygen atoms in total. The average molecular weight is 465 g/mol. The van der Waals surface area contributed by atoms with Gasteiger partial charge in [-0.25, -0.2) is 0 Å². The summed E-state index contributed by atoms with van der Waals surface area (Å²) in [6, 6.07) is 10.1. The van der Waals surface area contributed by atoms with E-state index in [2.05, 4.69) is 5.32 Å². The van der Waals surface area contributed by atoms with E-state index in [9.17, 15) is 9.59 Å². The minimum absolute atomic E-state index is 0.136. The zero-order chi connectivity index (χ0) is 22.4. The largest absolute Gasteiger partial charge is 0.454 e. The Morgan fingerprint density at radius 2 is 1.90 bits per heavy atom. The molecular formula is C23H26Cl2N2O4. The number of nitrogens with zero attached hydrogens (tertiary/aromatic N) is 1. The summed E-state index contributed by atoms with van der Waals surface area (Å²) in [4.78, 5) is 27.3. The molecule has 1 atom stereocenters. The van der Waals surface area contributed by atoms with Crippen LogP contribution in [0.3, 0.4) is 0 Å². The molecule has 2 aromatic carbocycles. The lowest BCUT2D eigenvalue weighted by Crippen LogP contribution is -2.47. The number of carbonyl (C=O) groups is 2. The monoisotopic (exact) mass is 464 g/mol. The molecule has 1 aliphatic rings. The molecule has 0 bridgehead atoms. The van der Waals surface area contributed by atoms with Gasteiger partial charge in [-0.05, 0) is 55.2 Å². The first-order valence-electron chi connectivity index (χ1n) is 10.3. The van der Waals surface area contributed by atoms with Crippen molar-refractivity contribution in [2.75, 3.05) is 13.3 Å². The van der Waals surface area contributed by atoms with Crippen LogP contribution in [0.25, 0.3) is 0 Å². The summed E-state index contributed by atoms with van der Waals surface area (Å²) in [5, 5.41) is 3.84. The van der Waals surface area contributed by atoms with Crippen molar-refractivity contribution in [3.8, 4) is 11.5 Å². The van der Waals surface area contributed by atoms with Crippen LogP contribution in [-0.4, -0.2) is 36.1 Å². The molecule has 3 rings (SSSR count). The van der Waals surface area contributed by atoms with Gasteiger partial charge >= 0.3 is 0 Å². The number of fused-ring (bicyclic) bond motifs is 1. The van der Waals surface area contributed by atoms with Gasteiger partial charge in [0, 0.05) is 29.6 Å². The van der Waals surface area contributed by atoms with E-state index in [1.54, 1.807) is 30.0 Å². The molecule has 166 valence electrons. The third-order valence-electron chi connectivity index (χ3n) is 5.14. The second kappa shape index (κ2) is 10.7. The standard InChI is InChI=1S/C23H26Cl2N2O4/c1-3-10-26-23(29)15(2)27(13-17-6-7-18(24)12-19(17)25)22(28)9-5-16-4-8-20-21(11-16)31-14-30-20/h4,6-8,11-12,15H,3,5,9-10,13-14H2,1-2H3,(H,26,29)/t15-/m1/s1. The Kier molecular flexibility index (Phi) is 8.04. The first kappa shape index (κ1) is 23.2. The molecular weight excluding hydrogens is 439 g/mol. The first-order chi connectivity index (χ1) is 14.9. The van der Waals surface area contributed by atoms with E-state index in [1.807, 2.05) is 25.1 Å². The number of rotatable bonds is 9. The van der Waals surface area contributed by atoms with Crippen LogP contribution in [0.15, 0.2) is 36.4 Å². The number of amides is 2. The van der Waals surface area contributed by atoms with E-state index < -0.39 is 6.04 Å². The zero-order valence-electron chi connectivity index (χ0n) is 17.6. The Balaban J connectivity index is 1.73. The van der Waals surface area contributed by atoms with Crippen molar-refractivity contribution in [3.63, 3.8) is 0 Å². The van der Waals surface area contributed by atoms with Gasteiger partial charge in [-0.3, -0.25) is 9.59 Å². The lowest BCUT2D eigenvalue weighted by Gasteiger charge is -2.29. The number of benzene rings is 2. The number of halogens is 2. The summed E-state index contributed by atoms with van der Waals surface area (Å²) in [5.41, 5.74) is 1.70. The molecule has 0 saturated heterocycles. The lowest BCUT2D eigenvalue weighted by molar-refractivity contribution is -0.140. The van der Waals surface area contributed by atoms with Gasteiger partial charge in [0.05, 0.1) is 0 Å². The molecule has 0 radical (unpaired) electrons. The molecule has 1 heterocycles. The van der Waals surface area contributed by atoms with Crippen LogP contribution < -0.4 is 14.8 Å². The Morgan fingerprint density at radius 1 is 1.13 bits per heavy atom. The SMILES string of the molecule is CCCNC(=O)[C@@H](C)N(Cc1ccc(Cl)cc1Cl)C(=O)CCc1ccc2c(c1)OCO2. The molecule has 2 amide bonds. The molecule has 1 N–H and O–H groups in total. The van der Waals surface area contributed by atoms with Crippen molar-refractivity contribution in [2.24, 2.45) is 0 Å². The topological polar surface area (TPSA) is 67.9 Å². The van der Waals surface area contributed by atoms with Gasteiger partial charge in [-0.1, -0.05) is 42.3 Å². The number of hydrogen-bond acceptors (Lipinski definition) is 4. The quantitative estimate of drug-likeness (QED) is 0.588. The lowest BCUT2D eigenvalue weighted by atomic mass is 10.1. The minimum atomic E-state index is -0.637. The molecule has 8 heteroatoms. The molecule has 1 aliphatic heterocycles. The van der Waals surface area contributed by atoms with Gasteiger partial charge in [0.25, 0.3) is 0 Å². The van der Waals surface area contributed by atoms with E-state index in [1.165, 1.54) is 0 Å². The van der Waals surface area contributed by atoms with Crippen LogP contribution >= 0.6 is 23.2 Å². The highest BCUT2D eigenvalue weighted by molar-refractivity contribution is 6.35. The molecule has 0 aliphatic carbocycles. The molecule has 2 aromatic rings. The fraction of sp³-hybridized carbons (Fsp3) is 0.391. The van der Waals surface area contributed by atoms with Gasteiger partial charge in [-0.15, -0.1) is 0 Å². The van der Waals surface area contributed by atoms with E-state index in [4.69, 9.17) is 32.7 Å². The van der Waals surface area contributed by atoms with Crippen molar-refractivity contribution in [1.82, 2.24) is 10.2 Å². The van der Waals surface area contributed by atoms with Crippen LogP contribution in [0.2, 0.25) is 10.0 Å². The summed E-state index contributed by atoms with van der Waals surface area (Å²) < 4.78 is 10.7. The van der Waals surface area contributed by atoms with Gasteiger partial charge in [0.15, 0.2) is 11.5 Å². The van der Waals surface area contributed by atoms with Crippen molar-refractivity contribution < 1.29 is 19.1 Å². The van der Waals surface area contributed by atoms with Crippen molar-refractivity contribution in [2.45, 2.75) is 45.7 Å². The Labute approximate surface area is 192 Å². The van der Waals surface area contributed by atoms with E-state index in [0.29, 0.717) is 34.5 Å². The molecule has 0 unspecified atom stereocenters. The van der Waals surface area contributed by atoms with Crippen LogP contribution in [0, 0.1) is 0 Å². The summed E-state index contributed by atoms with van der Waals surface area (Å²) in [6.45, 7) is 4.69. The van der Waals surface area contributed by atoms with Crippen molar-refractivity contribution in [1.29, 1.82) is 0 Å². The van der Waals surface area contributed by atoms with Crippen molar-refractivity contribution >= 4 is 35.0 Å².